The summed E-state index contributed by atoms with van der Waals surface area (Å²) in [5, 5.41) is 2.85. The topological polar surface area (TPSA) is 85.8 Å². The second-order valence-electron chi connectivity index (χ2n) is 6.92. The number of carbonyl (C=O) groups excluding carboxylic acids is 1. The highest BCUT2D eigenvalue weighted by Gasteiger charge is 2.34. The molecule has 0 unspecified atom stereocenters. The fourth-order valence-electron chi connectivity index (χ4n) is 3.44. The van der Waals surface area contributed by atoms with Crippen molar-refractivity contribution < 1.29 is 32.2 Å². The Morgan fingerprint density at radius 3 is 2.16 bits per heavy atom. The maximum Gasteiger partial charge on any atom is 0.433 e. The molecule has 2 heterocycles. The van der Waals surface area contributed by atoms with Crippen LogP contribution in [0.5, 0.6) is 17.2 Å². The van der Waals surface area contributed by atoms with Crippen molar-refractivity contribution in [3.8, 4) is 17.2 Å². The Kier molecular flexibility index (Phi) is 6.71. The smallest absolute Gasteiger partial charge is 0.433 e. The molecule has 8 nitrogen and oxygen atoms in total. The minimum Gasteiger partial charge on any atom is -0.493 e. The van der Waals surface area contributed by atoms with Crippen molar-refractivity contribution in [2.75, 3.05) is 44.6 Å². The minimum absolute atomic E-state index is 0.187. The number of methoxy groups -OCH3 is 3. The number of aromatic nitrogens is 2. The molecule has 1 fully saturated rings. The van der Waals surface area contributed by atoms with Crippen molar-refractivity contribution in [1.82, 2.24) is 9.97 Å². The molecule has 1 saturated heterocycles. The van der Waals surface area contributed by atoms with Gasteiger partial charge in [0.2, 0.25) is 11.7 Å². The first-order chi connectivity index (χ1) is 14.8. The minimum atomic E-state index is -4.53. The van der Waals surface area contributed by atoms with Gasteiger partial charge in [0.05, 0.1) is 21.3 Å². The highest BCUT2D eigenvalue weighted by molar-refractivity contribution is 5.93. The average molecular weight is 440 g/mol. The Labute approximate surface area is 177 Å². The molecule has 1 aromatic heterocycles. The molecule has 3 rings (SSSR count). The van der Waals surface area contributed by atoms with E-state index in [2.05, 4.69) is 15.3 Å². The number of nitrogens with zero attached hydrogens (tertiary/aromatic N) is 3. The third-order valence-electron chi connectivity index (χ3n) is 5.07. The Balaban J connectivity index is 1.65. The van der Waals surface area contributed by atoms with Gasteiger partial charge < -0.3 is 24.4 Å². The molecule has 1 aliphatic rings. The van der Waals surface area contributed by atoms with Crippen molar-refractivity contribution in [2.24, 2.45) is 5.92 Å². The predicted octanol–water partition coefficient (Wildman–Crippen LogP) is 3.38. The lowest BCUT2D eigenvalue weighted by Crippen LogP contribution is -2.38. The van der Waals surface area contributed by atoms with Crippen LogP contribution < -0.4 is 24.4 Å². The Hall–Kier alpha value is -3.24. The maximum atomic E-state index is 12.9. The van der Waals surface area contributed by atoms with E-state index in [1.807, 2.05) is 0 Å². The molecule has 1 N–H and O–H groups in total. The molecule has 31 heavy (non-hydrogen) atoms. The summed E-state index contributed by atoms with van der Waals surface area (Å²) in [5.74, 6) is 0.962. The monoisotopic (exact) mass is 440 g/mol. The van der Waals surface area contributed by atoms with Gasteiger partial charge in [0.1, 0.15) is 17.8 Å². The molecule has 2 aromatic rings. The number of benzene rings is 1. The van der Waals surface area contributed by atoms with Crippen LogP contribution in [0.1, 0.15) is 18.5 Å². The molecule has 0 saturated carbocycles. The van der Waals surface area contributed by atoms with E-state index in [-0.39, 0.29) is 17.6 Å². The van der Waals surface area contributed by atoms with Gasteiger partial charge in [0.25, 0.3) is 0 Å². The molecule has 0 atom stereocenters. The molecule has 0 spiro atoms. The van der Waals surface area contributed by atoms with Crippen molar-refractivity contribution >= 4 is 17.4 Å². The van der Waals surface area contributed by atoms with Crippen LogP contribution in [0.3, 0.4) is 0 Å². The normalized spacial score (nSPS) is 14.8. The molecule has 168 valence electrons. The number of anilines is 2. The zero-order valence-corrected chi connectivity index (χ0v) is 17.3. The summed E-state index contributed by atoms with van der Waals surface area (Å²) in [4.78, 5) is 21.7. The molecular formula is C20H23F3N4O4. The van der Waals surface area contributed by atoms with Gasteiger partial charge in [-0.1, -0.05) is 0 Å². The van der Waals surface area contributed by atoms with Crippen LogP contribution in [-0.2, 0) is 11.0 Å². The van der Waals surface area contributed by atoms with Crippen LogP contribution in [-0.4, -0.2) is 50.3 Å². The Morgan fingerprint density at radius 1 is 1.03 bits per heavy atom. The maximum absolute atomic E-state index is 12.9. The molecule has 0 bridgehead atoms. The van der Waals surface area contributed by atoms with Crippen molar-refractivity contribution in [1.29, 1.82) is 0 Å². The third kappa shape index (κ3) is 5.09. The quantitative estimate of drug-likeness (QED) is 0.737. The summed E-state index contributed by atoms with van der Waals surface area (Å²) >= 11 is 0. The summed E-state index contributed by atoms with van der Waals surface area (Å²) in [6.07, 6.45) is -2.68. The van der Waals surface area contributed by atoms with E-state index in [0.717, 1.165) is 12.4 Å². The molecule has 1 aromatic carbocycles. The third-order valence-corrected chi connectivity index (χ3v) is 5.07. The number of ether oxygens (including phenoxy) is 3. The van der Waals surface area contributed by atoms with Gasteiger partial charge in [0.15, 0.2) is 11.5 Å². The fourth-order valence-corrected chi connectivity index (χ4v) is 3.44. The first-order valence-electron chi connectivity index (χ1n) is 9.52. The zero-order valence-electron chi connectivity index (χ0n) is 17.3. The zero-order chi connectivity index (χ0) is 22.6. The second-order valence-corrected chi connectivity index (χ2v) is 6.92. The lowest BCUT2D eigenvalue weighted by molar-refractivity contribution is -0.141. The van der Waals surface area contributed by atoms with E-state index < -0.39 is 11.9 Å². The predicted molar refractivity (Wildman–Crippen MR) is 107 cm³/mol. The van der Waals surface area contributed by atoms with Crippen LogP contribution in [0.2, 0.25) is 0 Å². The number of hydrogen-bond donors (Lipinski definition) is 1. The van der Waals surface area contributed by atoms with Gasteiger partial charge in [-0.2, -0.15) is 13.2 Å². The van der Waals surface area contributed by atoms with Gasteiger partial charge in [-0.3, -0.25) is 4.79 Å². The summed E-state index contributed by atoms with van der Waals surface area (Å²) in [6, 6.07) is 4.19. The number of hydrogen-bond acceptors (Lipinski definition) is 7. The molecule has 0 aliphatic carbocycles. The first-order valence-corrected chi connectivity index (χ1v) is 9.52. The summed E-state index contributed by atoms with van der Waals surface area (Å²) in [7, 11) is 4.45. The van der Waals surface area contributed by atoms with Gasteiger partial charge >= 0.3 is 6.18 Å². The Morgan fingerprint density at radius 2 is 1.65 bits per heavy atom. The lowest BCUT2D eigenvalue weighted by atomic mass is 9.95. The number of amides is 1. The number of rotatable bonds is 6. The highest BCUT2D eigenvalue weighted by Crippen LogP contribution is 2.40. The highest BCUT2D eigenvalue weighted by atomic mass is 19.4. The largest absolute Gasteiger partial charge is 0.493 e. The van der Waals surface area contributed by atoms with E-state index in [9.17, 15) is 18.0 Å². The van der Waals surface area contributed by atoms with Crippen molar-refractivity contribution in [3.63, 3.8) is 0 Å². The summed E-state index contributed by atoms with van der Waals surface area (Å²) in [5.41, 5.74) is -0.493. The number of halogens is 3. The molecule has 0 radical (unpaired) electrons. The van der Waals surface area contributed by atoms with Crippen LogP contribution in [0.15, 0.2) is 24.5 Å². The summed E-state index contributed by atoms with van der Waals surface area (Å²) in [6.45, 7) is 0.809. The summed E-state index contributed by atoms with van der Waals surface area (Å²) < 4.78 is 54.5. The molecule has 1 aliphatic heterocycles. The number of carbonyl (C=O) groups is 1. The SMILES string of the molecule is COc1cc(NC(=O)C2CCN(c3cc(C(F)(F)F)ncn3)CC2)cc(OC)c1OC. The molecular weight excluding hydrogens is 417 g/mol. The lowest BCUT2D eigenvalue weighted by Gasteiger charge is -2.32. The molecule has 1 amide bonds. The van der Waals surface area contributed by atoms with E-state index in [0.29, 0.717) is 48.9 Å². The van der Waals surface area contributed by atoms with Crippen molar-refractivity contribution in [2.45, 2.75) is 19.0 Å². The van der Waals surface area contributed by atoms with Crippen LogP contribution in [0.4, 0.5) is 24.7 Å². The van der Waals surface area contributed by atoms with Crippen LogP contribution in [0.25, 0.3) is 0 Å². The van der Waals surface area contributed by atoms with E-state index in [4.69, 9.17) is 14.2 Å². The van der Waals surface area contributed by atoms with Gasteiger partial charge in [-0.05, 0) is 12.8 Å². The van der Waals surface area contributed by atoms with Crippen LogP contribution >= 0.6 is 0 Å². The van der Waals surface area contributed by atoms with Gasteiger partial charge in [-0.25, -0.2) is 9.97 Å². The second kappa shape index (κ2) is 9.27. The fraction of sp³-hybridized carbons (Fsp3) is 0.450. The standard InChI is InChI=1S/C20H23F3N4O4/c1-29-14-8-13(9-15(30-2)18(14)31-3)26-19(28)12-4-6-27(7-5-12)17-10-16(20(21,22)23)24-11-25-17/h8-12H,4-7H2,1-3H3,(H,26,28). The average Bonchev–Trinajstić information content (AvgIpc) is 2.78. The number of piperidine rings is 1. The van der Waals surface area contributed by atoms with E-state index in [1.165, 1.54) is 21.3 Å². The number of nitrogens with one attached hydrogen (secondary N) is 1. The van der Waals surface area contributed by atoms with Gasteiger partial charge in [0, 0.05) is 42.9 Å². The first kappa shape index (κ1) is 22.4. The Bertz CT molecular complexity index is 906. The van der Waals surface area contributed by atoms with Gasteiger partial charge in [-0.15, -0.1) is 0 Å². The van der Waals surface area contributed by atoms with E-state index >= 15 is 0 Å². The number of alkyl halides is 3. The van der Waals surface area contributed by atoms with Crippen LogP contribution in [0, 0.1) is 5.92 Å². The van der Waals surface area contributed by atoms with Crippen molar-refractivity contribution in [3.05, 3.63) is 30.2 Å². The molecule has 11 heteroatoms. The van der Waals surface area contributed by atoms with E-state index in [1.54, 1.807) is 17.0 Å².